The Morgan fingerprint density at radius 3 is 2.09 bits per heavy atom. The van der Waals surface area contributed by atoms with Gasteiger partial charge in [-0.05, 0) is 0 Å². The van der Waals surface area contributed by atoms with E-state index in [0.29, 0.717) is 0 Å². The number of quaternary nitrogens is 1. The lowest BCUT2D eigenvalue weighted by molar-refractivity contribution is -1.10. The largest absolute Gasteiger partial charge is 0.217 e. The zero-order valence-corrected chi connectivity index (χ0v) is 6.62. The summed E-state index contributed by atoms with van der Waals surface area (Å²) in [4.78, 5) is 0. The van der Waals surface area contributed by atoms with Crippen molar-refractivity contribution >= 4 is 0 Å². The maximum atomic E-state index is 9.65. The molecule has 1 aromatic carbocycles. The van der Waals surface area contributed by atoms with Gasteiger partial charge in [-0.15, -0.1) is 0 Å². The van der Waals surface area contributed by atoms with Crippen LogP contribution in [0.25, 0.3) is 0 Å². The normalized spacial score (nSPS) is 19.8. The highest BCUT2D eigenvalue weighted by Crippen LogP contribution is 2.25. The molecule has 0 fully saturated rings. The van der Waals surface area contributed by atoms with Crippen LogP contribution < -0.4 is 0 Å². The number of rotatable bonds is 0. The summed E-state index contributed by atoms with van der Waals surface area (Å²) in [7, 11) is 1.83. The molecule has 0 saturated carbocycles. The molecular weight excluding hydrogens is 138 g/mol. The average Bonchev–Trinajstić information content (AvgIpc) is 2.21. The van der Waals surface area contributed by atoms with E-state index in [1.54, 1.807) is 0 Å². The molecule has 0 spiro atoms. The third-order valence-electron chi connectivity index (χ3n) is 2.14. The number of hydroxylamine groups is 3. The second-order valence-electron chi connectivity index (χ2n) is 3.42. The van der Waals surface area contributed by atoms with Crippen LogP contribution in [-0.4, -0.2) is 16.9 Å². The van der Waals surface area contributed by atoms with Crippen molar-refractivity contribution in [3.8, 4) is 0 Å². The first kappa shape index (κ1) is 6.83. The summed E-state index contributed by atoms with van der Waals surface area (Å²) in [5.74, 6) is 0. The van der Waals surface area contributed by atoms with Crippen LogP contribution in [0.3, 0.4) is 0 Å². The Hall–Kier alpha value is -0.860. The molecule has 0 saturated heterocycles. The van der Waals surface area contributed by atoms with E-state index >= 15 is 0 Å². The minimum absolute atomic E-state index is 0.110. The van der Waals surface area contributed by atoms with Crippen LogP contribution in [0, 0.1) is 0 Å². The highest BCUT2D eigenvalue weighted by molar-refractivity contribution is 5.27. The monoisotopic (exact) mass is 150 g/mol. The summed E-state index contributed by atoms with van der Waals surface area (Å²) in [6, 6.07) is 8.19. The maximum absolute atomic E-state index is 9.65. The zero-order valence-electron chi connectivity index (χ0n) is 6.62. The van der Waals surface area contributed by atoms with Gasteiger partial charge in [-0.3, -0.25) is 0 Å². The molecule has 1 N–H and O–H groups in total. The average molecular weight is 150 g/mol. The SMILES string of the molecule is C[N+]1(O)Cc2ccccc2C1. The van der Waals surface area contributed by atoms with E-state index in [4.69, 9.17) is 0 Å². The van der Waals surface area contributed by atoms with Crippen LogP contribution in [0.5, 0.6) is 0 Å². The van der Waals surface area contributed by atoms with Gasteiger partial charge in [-0.1, -0.05) is 24.3 Å². The van der Waals surface area contributed by atoms with Crippen molar-refractivity contribution in [1.82, 2.24) is 0 Å². The number of nitrogens with zero attached hydrogens (tertiary/aromatic N) is 1. The van der Waals surface area contributed by atoms with Gasteiger partial charge in [0.25, 0.3) is 0 Å². The molecule has 1 aliphatic rings. The summed E-state index contributed by atoms with van der Waals surface area (Å²) in [5, 5.41) is 9.65. The molecule has 0 atom stereocenters. The highest BCUT2D eigenvalue weighted by Gasteiger charge is 2.29. The minimum atomic E-state index is 0.110. The first-order chi connectivity index (χ1) is 5.17. The number of fused-ring (bicyclic) bond motifs is 1. The van der Waals surface area contributed by atoms with Crippen molar-refractivity contribution in [2.75, 3.05) is 7.05 Å². The third-order valence-corrected chi connectivity index (χ3v) is 2.14. The van der Waals surface area contributed by atoms with E-state index in [1.165, 1.54) is 11.1 Å². The minimum Gasteiger partial charge on any atom is -0.217 e. The molecule has 0 aliphatic carbocycles. The molecule has 2 rings (SSSR count). The molecule has 2 nitrogen and oxygen atoms in total. The molecule has 11 heavy (non-hydrogen) atoms. The standard InChI is InChI=1S/C9H12NO/c1-10(11)6-8-4-2-3-5-9(8)7-10/h2-5,11H,6-7H2,1H3/q+1. The topological polar surface area (TPSA) is 20.2 Å². The van der Waals surface area contributed by atoms with Crippen molar-refractivity contribution in [2.24, 2.45) is 0 Å². The Labute approximate surface area is 66.2 Å². The van der Waals surface area contributed by atoms with Gasteiger partial charge < -0.3 is 0 Å². The van der Waals surface area contributed by atoms with Crippen molar-refractivity contribution in [1.29, 1.82) is 0 Å². The van der Waals surface area contributed by atoms with Crippen LogP contribution in [-0.2, 0) is 13.1 Å². The number of hydrogen-bond acceptors (Lipinski definition) is 1. The molecule has 0 aromatic heterocycles. The molecule has 0 bridgehead atoms. The second-order valence-corrected chi connectivity index (χ2v) is 3.42. The Morgan fingerprint density at radius 1 is 1.18 bits per heavy atom. The Kier molecular flexibility index (Phi) is 1.28. The fourth-order valence-electron chi connectivity index (χ4n) is 1.66. The van der Waals surface area contributed by atoms with E-state index in [2.05, 4.69) is 12.1 Å². The lowest BCUT2D eigenvalue weighted by Crippen LogP contribution is -2.33. The lowest BCUT2D eigenvalue weighted by Gasteiger charge is -2.17. The molecule has 1 aliphatic heterocycles. The summed E-state index contributed by atoms with van der Waals surface area (Å²) in [6.45, 7) is 1.49. The fourth-order valence-corrected chi connectivity index (χ4v) is 1.66. The summed E-state index contributed by atoms with van der Waals surface area (Å²) >= 11 is 0. The Morgan fingerprint density at radius 2 is 1.64 bits per heavy atom. The molecule has 1 aromatic rings. The van der Waals surface area contributed by atoms with E-state index in [-0.39, 0.29) is 4.65 Å². The van der Waals surface area contributed by atoms with E-state index in [9.17, 15) is 5.21 Å². The van der Waals surface area contributed by atoms with Crippen molar-refractivity contribution in [3.63, 3.8) is 0 Å². The van der Waals surface area contributed by atoms with Crippen molar-refractivity contribution in [2.45, 2.75) is 13.1 Å². The summed E-state index contributed by atoms with van der Waals surface area (Å²) < 4.78 is 0.110. The van der Waals surface area contributed by atoms with Gasteiger partial charge in [0.15, 0.2) is 0 Å². The molecule has 0 radical (unpaired) electrons. The first-order valence-electron chi connectivity index (χ1n) is 3.81. The quantitative estimate of drug-likeness (QED) is 0.556. The molecule has 1 heterocycles. The molecule has 2 heteroatoms. The fraction of sp³-hybridized carbons (Fsp3) is 0.333. The van der Waals surface area contributed by atoms with Gasteiger partial charge >= 0.3 is 0 Å². The van der Waals surface area contributed by atoms with Gasteiger partial charge in [0.05, 0.1) is 7.05 Å². The van der Waals surface area contributed by atoms with E-state index in [0.717, 1.165) is 13.1 Å². The highest BCUT2D eigenvalue weighted by atomic mass is 16.5. The van der Waals surface area contributed by atoms with Crippen LogP contribution >= 0.6 is 0 Å². The van der Waals surface area contributed by atoms with Crippen LogP contribution in [0.2, 0.25) is 0 Å². The van der Waals surface area contributed by atoms with Gasteiger partial charge in [0.2, 0.25) is 0 Å². The lowest BCUT2D eigenvalue weighted by atomic mass is 10.1. The summed E-state index contributed by atoms with van der Waals surface area (Å²) in [6.07, 6.45) is 0. The van der Waals surface area contributed by atoms with Gasteiger partial charge in [0.1, 0.15) is 13.1 Å². The van der Waals surface area contributed by atoms with Crippen LogP contribution in [0.1, 0.15) is 11.1 Å². The first-order valence-corrected chi connectivity index (χ1v) is 3.81. The van der Waals surface area contributed by atoms with Crippen LogP contribution in [0.4, 0.5) is 0 Å². The smallest absolute Gasteiger partial charge is 0.135 e. The van der Waals surface area contributed by atoms with Crippen LogP contribution in [0.15, 0.2) is 24.3 Å². The van der Waals surface area contributed by atoms with Crippen molar-refractivity contribution < 1.29 is 9.85 Å². The predicted octanol–water partition coefficient (Wildman–Crippen LogP) is 1.54. The third kappa shape index (κ3) is 1.15. The van der Waals surface area contributed by atoms with Gasteiger partial charge in [-0.2, -0.15) is 4.65 Å². The number of hydrogen-bond donors (Lipinski definition) is 1. The Balaban J connectivity index is 2.41. The zero-order chi connectivity index (χ0) is 7.90. The van der Waals surface area contributed by atoms with E-state index in [1.807, 2.05) is 19.2 Å². The Bertz CT molecular complexity index is 254. The molecule has 0 amide bonds. The second kappa shape index (κ2) is 2.06. The predicted molar refractivity (Wildman–Crippen MR) is 41.8 cm³/mol. The van der Waals surface area contributed by atoms with E-state index < -0.39 is 0 Å². The van der Waals surface area contributed by atoms with Gasteiger partial charge in [0, 0.05) is 11.1 Å². The molecule has 0 unspecified atom stereocenters. The molecular formula is C9H12NO+. The number of benzene rings is 1. The van der Waals surface area contributed by atoms with Crippen molar-refractivity contribution in [3.05, 3.63) is 35.4 Å². The summed E-state index contributed by atoms with van der Waals surface area (Å²) in [5.41, 5.74) is 2.55. The maximum Gasteiger partial charge on any atom is 0.135 e. The molecule has 58 valence electrons. The van der Waals surface area contributed by atoms with Gasteiger partial charge in [-0.25, -0.2) is 5.21 Å².